The maximum absolute atomic E-state index is 9.29. The second kappa shape index (κ2) is 2.36. The predicted octanol–water partition coefficient (Wildman–Crippen LogP) is 0.240. The number of nitrogens with one attached hydrogen (secondary N) is 1. The molecule has 0 aromatic rings. The fourth-order valence-corrected chi connectivity index (χ4v) is 1.64. The summed E-state index contributed by atoms with van der Waals surface area (Å²) in [6.07, 6.45) is 0. The van der Waals surface area contributed by atoms with E-state index in [0.717, 1.165) is 0 Å². The Hall–Kier alpha value is -0.350. The molecule has 0 aromatic heterocycles. The van der Waals surface area contributed by atoms with Crippen molar-refractivity contribution in [3.8, 4) is 0 Å². The van der Waals surface area contributed by atoms with E-state index in [4.69, 9.17) is 4.62 Å². The van der Waals surface area contributed by atoms with Gasteiger partial charge in [0, 0.05) is 7.05 Å². The van der Waals surface area contributed by atoms with Crippen molar-refractivity contribution in [1.29, 1.82) is 0 Å². The van der Waals surface area contributed by atoms with E-state index in [-0.39, 0.29) is 0 Å². The molecule has 0 bridgehead atoms. The predicted molar refractivity (Wildman–Crippen MR) is 37.3 cm³/mol. The van der Waals surface area contributed by atoms with Gasteiger partial charge >= 0.3 is 8.09 Å². The molecule has 10 heavy (non-hydrogen) atoms. The molecule has 0 spiro atoms. The number of nitrogens with zero attached hydrogens (tertiary/aromatic N) is 1. The van der Waals surface area contributed by atoms with Crippen LogP contribution in [0.5, 0.6) is 0 Å². The molecular formula is C4H10N2O3P+. The summed E-state index contributed by atoms with van der Waals surface area (Å²) in [5, 5.41) is 3.91. The number of hydroxylamine groups is 2. The van der Waals surface area contributed by atoms with Gasteiger partial charge in [-0.25, -0.2) is 0 Å². The van der Waals surface area contributed by atoms with E-state index in [9.17, 15) is 4.89 Å². The lowest BCUT2D eigenvalue weighted by molar-refractivity contribution is 0.00344. The summed E-state index contributed by atoms with van der Waals surface area (Å²) in [4.78, 5) is 9.29. The second-order valence-corrected chi connectivity index (χ2v) is 3.63. The van der Waals surface area contributed by atoms with Crippen molar-refractivity contribution in [2.45, 2.75) is 0 Å². The van der Waals surface area contributed by atoms with Crippen LogP contribution >= 0.6 is 8.09 Å². The summed E-state index contributed by atoms with van der Waals surface area (Å²) in [5.74, 6) is 0.498. The van der Waals surface area contributed by atoms with Gasteiger partial charge in [-0.2, -0.15) is 19.6 Å². The first-order chi connectivity index (χ1) is 4.57. The van der Waals surface area contributed by atoms with Crippen LogP contribution in [0.25, 0.3) is 0 Å². The van der Waals surface area contributed by atoms with Crippen molar-refractivity contribution in [2.75, 3.05) is 14.2 Å². The zero-order chi connectivity index (χ0) is 7.78. The Balaban J connectivity index is 2.64. The zero-order valence-electron chi connectivity index (χ0n) is 5.87. The molecule has 0 aromatic carbocycles. The van der Waals surface area contributed by atoms with Gasteiger partial charge in [0.25, 0.3) is 0 Å². The summed E-state index contributed by atoms with van der Waals surface area (Å²) in [5.41, 5.74) is 0. The average Bonchev–Trinajstić information content (AvgIpc) is 2.10. The Bertz CT molecular complexity index is 165. The van der Waals surface area contributed by atoms with Crippen LogP contribution in [0.15, 0.2) is 12.4 Å². The maximum Gasteiger partial charge on any atom is 0.550 e. The SMILES string of the molecule is C=C1N[P+](O)(OC)ON1C. The summed E-state index contributed by atoms with van der Waals surface area (Å²) in [6.45, 7) is 3.56. The van der Waals surface area contributed by atoms with Crippen LogP contribution in [0.1, 0.15) is 0 Å². The van der Waals surface area contributed by atoms with E-state index >= 15 is 0 Å². The van der Waals surface area contributed by atoms with Crippen LogP contribution in [0.3, 0.4) is 0 Å². The summed E-state index contributed by atoms with van der Waals surface area (Å²) >= 11 is 0. The summed E-state index contributed by atoms with van der Waals surface area (Å²) in [7, 11) is 0.163. The minimum absolute atomic E-state index is 0.498. The van der Waals surface area contributed by atoms with Crippen molar-refractivity contribution in [3.63, 3.8) is 0 Å². The normalized spacial score (nSPS) is 32.7. The Labute approximate surface area is 59.8 Å². The van der Waals surface area contributed by atoms with E-state index in [1.807, 2.05) is 0 Å². The van der Waals surface area contributed by atoms with Crippen LogP contribution in [0.4, 0.5) is 0 Å². The fraction of sp³-hybridized carbons (Fsp3) is 0.500. The molecule has 1 unspecified atom stereocenters. The van der Waals surface area contributed by atoms with Crippen LogP contribution in [-0.2, 0) is 9.15 Å². The van der Waals surface area contributed by atoms with Gasteiger partial charge in [-0.3, -0.25) is 0 Å². The van der Waals surface area contributed by atoms with Crippen molar-refractivity contribution < 1.29 is 14.0 Å². The summed E-state index contributed by atoms with van der Waals surface area (Å²) < 4.78 is 9.55. The Morgan fingerprint density at radius 3 is 2.70 bits per heavy atom. The Morgan fingerprint density at radius 2 is 2.50 bits per heavy atom. The van der Waals surface area contributed by atoms with E-state index in [0.29, 0.717) is 5.82 Å². The van der Waals surface area contributed by atoms with E-state index in [1.54, 1.807) is 7.05 Å². The molecule has 1 heterocycles. The Kier molecular flexibility index (Phi) is 1.83. The lowest BCUT2D eigenvalue weighted by Gasteiger charge is -2.03. The highest BCUT2D eigenvalue weighted by Gasteiger charge is 2.50. The lowest BCUT2D eigenvalue weighted by atomic mass is 10.8. The van der Waals surface area contributed by atoms with Gasteiger partial charge in [0.15, 0.2) is 5.82 Å². The van der Waals surface area contributed by atoms with Crippen molar-refractivity contribution in [1.82, 2.24) is 10.2 Å². The third-order valence-electron chi connectivity index (χ3n) is 1.13. The molecule has 1 aliphatic rings. The zero-order valence-corrected chi connectivity index (χ0v) is 6.76. The minimum atomic E-state index is -2.84. The highest BCUT2D eigenvalue weighted by molar-refractivity contribution is 7.58. The molecule has 6 heteroatoms. The fourth-order valence-electron chi connectivity index (χ4n) is 0.548. The molecule has 5 nitrogen and oxygen atoms in total. The van der Waals surface area contributed by atoms with E-state index in [1.165, 1.54) is 12.2 Å². The van der Waals surface area contributed by atoms with Gasteiger partial charge in [-0.05, 0) is 4.62 Å². The minimum Gasteiger partial charge on any atom is -0.192 e. The molecule has 1 atom stereocenters. The Morgan fingerprint density at radius 1 is 1.90 bits per heavy atom. The number of hydrogen-bond donors (Lipinski definition) is 2. The molecule has 0 radical (unpaired) electrons. The van der Waals surface area contributed by atoms with Crippen molar-refractivity contribution >= 4 is 8.09 Å². The number of rotatable bonds is 1. The molecule has 1 fully saturated rings. The molecule has 1 rings (SSSR count). The van der Waals surface area contributed by atoms with Crippen LogP contribution in [0.2, 0.25) is 0 Å². The van der Waals surface area contributed by atoms with Crippen LogP contribution in [0, 0.1) is 0 Å². The molecule has 1 aliphatic heterocycles. The molecule has 2 N–H and O–H groups in total. The van der Waals surface area contributed by atoms with Crippen molar-refractivity contribution in [3.05, 3.63) is 12.4 Å². The molecular weight excluding hydrogens is 155 g/mol. The summed E-state index contributed by atoms with van der Waals surface area (Å²) in [6, 6.07) is 0. The van der Waals surface area contributed by atoms with Gasteiger partial charge in [0.1, 0.15) is 0 Å². The van der Waals surface area contributed by atoms with E-state index in [2.05, 4.69) is 16.2 Å². The van der Waals surface area contributed by atoms with Gasteiger partial charge in [0.05, 0.1) is 7.11 Å². The largest absolute Gasteiger partial charge is 0.550 e. The quantitative estimate of drug-likeness (QED) is 0.545. The smallest absolute Gasteiger partial charge is 0.192 e. The van der Waals surface area contributed by atoms with Crippen LogP contribution < -0.4 is 5.09 Å². The third kappa shape index (κ3) is 1.22. The molecule has 0 amide bonds. The highest BCUT2D eigenvalue weighted by Crippen LogP contribution is 2.57. The lowest BCUT2D eigenvalue weighted by Crippen LogP contribution is -2.11. The van der Waals surface area contributed by atoms with E-state index < -0.39 is 8.09 Å². The van der Waals surface area contributed by atoms with Crippen molar-refractivity contribution in [2.24, 2.45) is 0 Å². The number of hydrogen-bond acceptors (Lipinski definition) is 5. The standard InChI is InChI=1S/C4H10N2O3P/c1-4-5-10(7,8-3)9-6(4)2/h5,7H,1H2,2-3H3/q+1. The van der Waals surface area contributed by atoms with Gasteiger partial charge in [-0.15, -0.1) is 0 Å². The molecule has 58 valence electrons. The first kappa shape index (κ1) is 7.75. The van der Waals surface area contributed by atoms with Crippen LogP contribution in [-0.4, -0.2) is 24.1 Å². The topological polar surface area (TPSA) is 54.0 Å². The second-order valence-electron chi connectivity index (χ2n) is 1.84. The van der Waals surface area contributed by atoms with Gasteiger partial charge in [-0.1, -0.05) is 6.58 Å². The molecule has 0 aliphatic carbocycles. The maximum atomic E-state index is 9.29. The monoisotopic (exact) mass is 165 g/mol. The van der Waals surface area contributed by atoms with Gasteiger partial charge < -0.3 is 0 Å². The van der Waals surface area contributed by atoms with Gasteiger partial charge in [0.2, 0.25) is 0 Å². The third-order valence-corrected chi connectivity index (χ3v) is 2.63. The average molecular weight is 165 g/mol. The molecule has 0 saturated carbocycles. The first-order valence-electron chi connectivity index (χ1n) is 2.65. The first-order valence-corrected chi connectivity index (χ1v) is 4.23. The molecule has 1 saturated heterocycles. The highest BCUT2D eigenvalue weighted by atomic mass is 31.2.